The maximum Gasteiger partial charge on any atom is 2.00 e. The quantitative estimate of drug-likeness (QED) is 0.543. The number of rotatable bonds is 1. The van der Waals surface area contributed by atoms with Gasteiger partial charge in [0, 0.05) is 5.69 Å². The van der Waals surface area contributed by atoms with Crippen LogP contribution in [0.2, 0.25) is 0 Å². The molecule has 0 atom stereocenters. The van der Waals surface area contributed by atoms with Crippen molar-refractivity contribution in [2.45, 2.75) is 6.92 Å². The van der Waals surface area contributed by atoms with Gasteiger partial charge in [-0.1, -0.05) is 6.07 Å². The summed E-state index contributed by atoms with van der Waals surface area (Å²) in [5.74, 6) is 0. The molecule has 2 aromatic rings. The Morgan fingerprint density at radius 2 is 2.23 bits per heavy atom. The van der Waals surface area contributed by atoms with Gasteiger partial charge in [0.05, 0.1) is 0 Å². The van der Waals surface area contributed by atoms with Crippen molar-refractivity contribution in [2.24, 2.45) is 0 Å². The summed E-state index contributed by atoms with van der Waals surface area (Å²) in [4.78, 5) is 0. The monoisotopic (exact) mass is 220 g/mol. The van der Waals surface area contributed by atoms with E-state index in [1.807, 2.05) is 37.3 Å². The third kappa shape index (κ3) is 2.25. The molecule has 0 radical (unpaired) electrons. The smallest absolute Gasteiger partial charge is 0.619 e. The Hall–Kier alpha value is -0.947. The van der Waals surface area contributed by atoms with Crippen LogP contribution in [0.1, 0.15) is 5.69 Å². The molecule has 0 fully saturated rings. The van der Waals surface area contributed by atoms with E-state index >= 15 is 0 Å². The summed E-state index contributed by atoms with van der Waals surface area (Å²) in [6.07, 6.45) is 0. The van der Waals surface area contributed by atoms with E-state index in [9.17, 15) is 0 Å². The van der Waals surface area contributed by atoms with Crippen molar-refractivity contribution in [3.05, 3.63) is 42.1 Å². The molecule has 0 saturated carbocycles. The van der Waals surface area contributed by atoms with Gasteiger partial charge in [-0.25, -0.2) is 5.69 Å². The van der Waals surface area contributed by atoms with Gasteiger partial charge in [-0.3, -0.25) is 0 Å². The minimum absolute atomic E-state index is 0. The van der Waals surface area contributed by atoms with Crippen LogP contribution < -0.4 is 5.10 Å². The van der Waals surface area contributed by atoms with Crippen LogP contribution in [0.15, 0.2) is 30.3 Å². The molecule has 13 heavy (non-hydrogen) atoms. The molecule has 2 rings (SSSR count). The first kappa shape index (κ1) is 10.1. The van der Waals surface area contributed by atoms with E-state index in [1.165, 1.54) is 0 Å². The molecule has 2 nitrogen and oxygen atoms in total. The number of aryl methyl sites for hydroxylation is 1. The van der Waals surface area contributed by atoms with Crippen molar-refractivity contribution in [3.63, 3.8) is 0 Å². The Morgan fingerprint density at radius 3 is 2.77 bits per heavy atom. The van der Waals surface area contributed by atoms with Gasteiger partial charge in [0.15, 0.2) is 0 Å². The third-order valence-corrected chi connectivity index (χ3v) is 1.65. The molecular weight excluding hydrogens is 214 g/mol. The van der Waals surface area contributed by atoms with Crippen LogP contribution in [0, 0.1) is 13.0 Å². The first-order valence-corrected chi connectivity index (χ1v) is 3.80. The predicted molar refractivity (Wildman–Crippen MR) is 46.6 cm³/mol. The fourth-order valence-electron chi connectivity index (χ4n) is 1.07. The van der Waals surface area contributed by atoms with Crippen molar-refractivity contribution in [3.8, 4) is 11.3 Å². The SMILES string of the molecule is Cc1cc(-c2[c-]cccc2)[n-]n1.[Zn+2]. The second kappa shape index (κ2) is 4.33. The molecule has 0 amide bonds. The van der Waals surface area contributed by atoms with Gasteiger partial charge in [0.25, 0.3) is 0 Å². The van der Waals surface area contributed by atoms with E-state index in [2.05, 4.69) is 16.3 Å². The molecule has 0 aliphatic carbocycles. The van der Waals surface area contributed by atoms with E-state index in [-0.39, 0.29) is 19.5 Å². The van der Waals surface area contributed by atoms with Crippen LogP contribution in [0.25, 0.3) is 11.3 Å². The molecule has 3 heteroatoms. The third-order valence-electron chi connectivity index (χ3n) is 1.65. The van der Waals surface area contributed by atoms with E-state index in [0.29, 0.717) is 0 Å². The van der Waals surface area contributed by atoms with Crippen molar-refractivity contribution in [1.29, 1.82) is 0 Å². The molecule has 60 valence electrons. The largest absolute Gasteiger partial charge is 2.00 e. The standard InChI is InChI=1S/C10H8N2.Zn/c1-8-7-10(12-11-8)9-5-3-2-4-6-9;/h2-5,7H,1H3;/q-2;+2. The fourth-order valence-corrected chi connectivity index (χ4v) is 1.07. The minimum atomic E-state index is 0. The van der Waals surface area contributed by atoms with Crippen molar-refractivity contribution < 1.29 is 19.5 Å². The molecule has 0 aliphatic heterocycles. The van der Waals surface area contributed by atoms with E-state index in [1.54, 1.807) is 0 Å². The Bertz CT molecular complexity index is 367. The Kier molecular flexibility index (Phi) is 3.38. The van der Waals surface area contributed by atoms with Gasteiger partial charge in [0.1, 0.15) is 0 Å². The summed E-state index contributed by atoms with van der Waals surface area (Å²) in [7, 11) is 0. The van der Waals surface area contributed by atoms with Gasteiger partial charge < -0.3 is 10.2 Å². The maximum atomic E-state index is 4.00. The molecule has 0 bridgehead atoms. The average molecular weight is 222 g/mol. The van der Waals surface area contributed by atoms with Crippen molar-refractivity contribution in [1.82, 2.24) is 10.2 Å². The zero-order chi connectivity index (χ0) is 8.39. The van der Waals surface area contributed by atoms with Gasteiger partial charge in [-0.15, -0.1) is 30.3 Å². The molecule has 0 unspecified atom stereocenters. The second-order valence-electron chi connectivity index (χ2n) is 2.65. The Morgan fingerprint density at radius 1 is 1.38 bits per heavy atom. The summed E-state index contributed by atoms with van der Waals surface area (Å²) in [5.41, 5.74) is 2.84. The number of hydrogen-bond acceptors (Lipinski definition) is 1. The number of benzene rings is 1. The van der Waals surface area contributed by atoms with Crippen LogP contribution in [0.5, 0.6) is 0 Å². The Balaban J connectivity index is 0.000000845. The molecule has 0 N–H and O–H groups in total. The summed E-state index contributed by atoms with van der Waals surface area (Å²) in [6, 6.07) is 12.8. The summed E-state index contributed by atoms with van der Waals surface area (Å²) >= 11 is 0. The molecule has 1 heterocycles. The zero-order valence-electron chi connectivity index (χ0n) is 7.49. The summed E-state index contributed by atoms with van der Waals surface area (Å²) in [5, 5.41) is 7.93. The maximum absolute atomic E-state index is 4.00. The van der Waals surface area contributed by atoms with Gasteiger partial charge in [0.2, 0.25) is 0 Å². The number of aromatic nitrogens is 2. The molecule has 1 aromatic carbocycles. The zero-order valence-corrected chi connectivity index (χ0v) is 10.5. The van der Waals surface area contributed by atoms with Crippen LogP contribution in [-0.2, 0) is 19.5 Å². The second-order valence-corrected chi connectivity index (χ2v) is 2.65. The topological polar surface area (TPSA) is 27.0 Å². The van der Waals surface area contributed by atoms with Crippen LogP contribution in [0.3, 0.4) is 0 Å². The number of hydrogen-bond donors (Lipinski definition) is 0. The van der Waals surface area contributed by atoms with Gasteiger partial charge >= 0.3 is 19.5 Å². The minimum Gasteiger partial charge on any atom is -0.619 e. The van der Waals surface area contributed by atoms with Crippen molar-refractivity contribution in [2.75, 3.05) is 0 Å². The molecular formula is C10H8N2Zn. The van der Waals surface area contributed by atoms with Crippen LogP contribution >= 0.6 is 0 Å². The first-order chi connectivity index (χ1) is 5.86. The van der Waals surface area contributed by atoms with Crippen LogP contribution in [-0.4, -0.2) is 5.10 Å². The van der Waals surface area contributed by atoms with E-state index < -0.39 is 0 Å². The molecule has 1 aromatic heterocycles. The Labute approximate surface area is 90.1 Å². The molecule has 0 saturated heterocycles. The summed E-state index contributed by atoms with van der Waals surface area (Å²) < 4.78 is 0. The number of nitrogens with zero attached hydrogens (tertiary/aromatic N) is 2. The molecule has 0 aliphatic rings. The van der Waals surface area contributed by atoms with Gasteiger partial charge in [-0.2, -0.15) is 5.56 Å². The van der Waals surface area contributed by atoms with E-state index in [4.69, 9.17) is 0 Å². The van der Waals surface area contributed by atoms with Gasteiger partial charge in [-0.05, 0) is 6.92 Å². The fraction of sp³-hybridized carbons (Fsp3) is 0.100. The van der Waals surface area contributed by atoms with Crippen molar-refractivity contribution >= 4 is 0 Å². The van der Waals surface area contributed by atoms with E-state index in [0.717, 1.165) is 17.0 Å². The average Bonchev–Trinajstić information content (AvgIpc) is 2.54. The summed E-state index contributed by atoms with van der Waals surface area (Å²) in [6.45, 7) is 1.93. The predicted octanol–water partition coefficient (Wildman–Crippen LogP) is 1.81. The molecule has 0 spiro atoms. The normalized spacial score (nSPS) is 9.31. The van der Waals surface area contributed by atoms with Crippen LogP contribution in [0.4, 0.5) is 0 Å². The first-order valence-electron chi connectivity index (χ1n) is 3.80.